The molecular weight excluding hydrogens is 382 g/mol. The van der Waals surface area contributed by atoms with E-state index in [0.717, 1.165) is 15.7 Å². The summed E-state index contributed by atoms with van der Waals surface area (Å²) >= 11 is 7.51. The van der Waals surface area contributed by atoms with E-state index in [-0.39, 0.29) is 28.9 Å². The molecule has 0 aliphatic rings. The monoisotopic (exact) mass is 399 g/mol. The van der Waals surface area contributed by atoms with Crippen LogP contribution in [0, 0.1) is 0 Å². The summed E-state index contributed by atoms with van der Waals surface area (Å²) in [7, 11) is 0. The van der Waals surface area contributed by atoms with Crippen LogP contribution in [0.2, 0.25) is 5.02 Å². The number of carbonyl (C=O) groups is 2. The lowest BCUT2D eigenvalue weighted by Gasteiger charge is -2.09. The Morgan fingerprint density at radius 1 is 1.07 bits per heavy atom. The molecule has 4 nitrogen and oxygen atoms in total. The molecule has 0 heterocycles. The fourth-order valence-corrected chi connectivity index (χ4v) is 3.70. The second-order valence-electron chi connectivity index (χ2n) is 5.73. The summed E-state index contributed by atoms with van der Waals surface area (Å²) in [5.41, 5.74) is 0.740. The van der Waals surface area contributed by atoms with Crippen LogP contribution in [0.4, 0.5) is 5.69 Å². The molecule has 0 aliphatic heterocycles. The average molecular weight is 400 g/mol. The van der Waals surface area contributed by atoms with Gasteiger partial charge in [0.05, 0.1) is 22.9 Å². The standard InChI is InChI=1S/C21H18ClNO3S/c1-2-26-21(25)17-12-15(10-11-18(17)22)23-20(24)13-27-19-9-5-7-14-6-3-4-8-16(14)19/h3-12H,2,13H2,1H3,(H,23,24). The van der Waals surface area contributed by atoms with Crippen molar-refractivity contribution in [3.63, 3.8) is 0 Å². The van der Waals surface area contributed by atoms with Gasteiger partial charge in [0.2, 0.25) is 5.91 Å². The SMILES string of the molecule is CCOC(=O)c1cc(NC(=O)CSc2cccc3ccccc23)ccc1Cl. The molecule has 0 aromatic heterocycles. The third-order valence-corrected chi connectivity index (χ3v) is 5.26. The number of esters is 1. The Morgan fingerprint density at radius 3 is 2.67 bits per heavy atom. The quantitative estimate of drug-likeness (QED) is 0.445. The van der Waals surface area contributed by atoms with Gasteiger partial charge >= 0.3 is 5.97 Å². The molecule has 0 unspecified atom stereocenters. The summed E-state index contributed by atoms with van der Waals surface area (Å²) in [6, 6.07) is 18.8. The van der Waals surface area contributed by atoms with Crippen LogP contribution >= 0.6 is 23.4 Å². The van der Waals surface area contributed by atoms with Gasteiger partial charge in [-0.3, -0.25) is 4.79 Å². The Bertz CT molecular complexity index is 985. The van der Waals surface area contributed by atoms with Crippen LogP contribution in [-0.4, -0.2) is 24.2 Å². The Labute approximate surface area is 166 Å². The van der Waals surface area contributed by atoms with Gasteiger partial charge in [-0.05, 0) is 42.0 Å². The van der Waals surface area contributed by atoms with E-state index in [4.69, 9.17) is 16.3 Å². The zero-order valence-electron chi connectivity index (χ0n) is 14.7. The summed E-state index contributed by atoms with van der Waals surface area (Å²) in [5, 5.41) is 5.35. The molecule has 0 fully saturated rings. The molecule has 0 aliphatic carbocycles. The number of hydrogen-bond acceptors (Lipinski definition) is 4. The predicted molar refractivity (Wildman–Crippen MR) is 111 cm³/mol. The zero-order chi connectivity index (χ0) is 19.2. The number of amides is 1. The van der Waals surface area contributed by atoms with Crippen molar-refractivity contribution in [2.45, 2.75) is 11.8 Å². The van der Waals surface area contributed by atoms with Gasteiger partial charge in [-0.2, -0.15) is 0 Å². The van der Waals surface area contributed by atoms with Crippen molar-refractivity contribution in [3.05, 3.63) is 71.2 Å². The van der Waals surface area contributed by atoms with Crippen molar-refractivity contribution in [3.8, 4) is 0 Å². The molecule has 0 atom stereocenters. The molecule has 1 amide bonds. The van der Waals surface area contributed by atoms with Crippen LogP contribution in [-0.2, 0) is 9.53 Å². The molecule has 138 valence electrons. The number of nitrogens with one attached hydrogen (secondary N) is 1. The Kier molecular flexibility index (Phi) is 6.37. The van der Waals surface area contributed by atoms with Crippen molar-refractivity contribution in [2.75, 3.05) is 17.7 Å². The maximum atomic E-state index is 12.3. The number of benzene rings is 3. The molecule has 0 saturated heterocycles. The van der Waals surface area contributed by atoms with Gasteiger partial charge in [-0.25, -0.2) is 4.79 Å². The van der Waals surface area contributed by atoms with Gasteiger partial charge in [0.25, 0.3) is 0 Å². The number of fused-ring (bicyclic) bond motifs is 1. The van der Waals surface area contributed by atoms with Crippen molar-refractivity contribution in [1.82, 2.24) is 0 Å². The molecule has 0 saturated carbocycles. The maximum absolute atomic E-state index is 12.3. The second-order valence-corrected chi connectivity index (χ2v) is 7.15. The van der Waals surface area contributed by atoms with Crippen molar-refractivity contribution >= 4 is 51.7 Å². The van der Waals surface area contributed by atoms with Crippen molar-refractivity contribution < 1.29 is 14.3 Å². The molecule has 0 bridgehead atoms. The summed E-state index contributed by atoms with van der Waals surface area (Å²) in [5.74, 6) is -0.417. The van der Waals surface area contributed by atoms with Gasteiger partial charge in [0, 0.05) is 10.6 Å². The predicted octanol–water partition coefficient (Wildman–Crippen LogP) is 5.40. The number of hydrogen-bond donors (Lipinski definition) is 1. The van der Waals surface area contributed by atoms with Gasteiger partial charge in [-0.15, -0.1) is 11.8 Å². The second kappa shape index (κ2) is 8.93. The molecule has 0 spiro atoms. The van der Waals surface area contributed by atoms with Gasteiger partial charge in [-0.1, -0.05) is 48.0 Å². The van der Waals surface area contributed by atoms with Crippen LogP contribution in [0.1, 0.15) is 17.3 Å². The van der Waals surface area contributed by atoms with E-state index >= 15 is 0 Å². The molecule has 3 rings (SSSR count). The van der Waals surface area contributed by atoms with Crippen molar-refractivity contribution in [1.29, 1.82) is 0 Å². The minimum atomic E-state index is -0.510. The largest absolute Gasteiger partial charge is 0.462 e. The molecular formula is C21H18ClNO3S. The van der Waals surface area contributed by atoms with Crippen LogP contribution < -0.4 is 5.32 Å². The molecule has 1 N–H and O–H groups in total. The highest BCUT2D eigenvalue weighted by molar-refractivity contribution is 8.00. The van der Waals surface area contributed by atoms with Crippen molar-refractivity contribution in [2.24, 2.45) is 0 Å². The van der Waals surface area contributed by atoms with E-state index in [1.54, 1.807) is 19.1 Å². The van der Waals surface area contributed by atoms with Gasteiger partial charge in [0.15, 0.2) is 0 Å². The van der Waals surface area contributed by atoms with E-state index in [1.807, 2.05) is 42.5 Å². The molecule has 0 radical (unpaired) electrons. The van der Waals surface area contributed by atoms with E-state index in [0.29, 0.717) is 5.69 Å². The Morgan fingerprint density at radius 2 is 1.85 bits per heavy atom. The fraction of sp³-hybridized carbons (Fsp3) is 0.143. The Balaban J connectivity index is 1.67. The highest BCUT2D eigenvalue weighted by Gasteiger charge is 2.13. The lowest BCUT2D eigenvalue weighted by Crippen LogP contribution is -2.15. The lowest BCUT2D eigenvalue weighted by atomic mass is 10.1. The average Bonchev–Trinajstić information content (AvgIpc) is 2.68. The number of anilines is 1. The van der Waals surface area contributed by atoms with Crippen LogP contribution in [0.5, 0.6) is 0 Å². The molecule has 3 aromatic rings. The summed E-state index contributed by atoms with van der Waals surface area (Å²) < 4.78 is 4.97. The minimum Gasteiger partial charge on any atom is -0.462 e. The topological polar surface area (TPSA) is 55.4 Å². The third-order valence-electron chi connectivity index (χ3n) is 3.85. The number of rotatable bonds is 6. The summed E-state index contributed by atoms with van der Waals surface area (Å²) in [6.45, 7) is 1.98. The summed E-state index contributed by atoms with van der Waals surface area (Å²) in [4.78, 5) is 25.3. The fourth-order valence-electron chi connectivity index (χ4n) is 2.63. The van der Waals surface area contributed by atoms with E-state index in [1.165, 1.54) is 17.8 Å². The van der Waals surface area contributed by atoms with E-state index in [9.17, 15) is 9.59 Å². The third kappa shape index (κ3) is 4.81. The van der Waals surface area contributed by atoms with Gasteiger partial charge in [0.1, 0.15) is 0 Å². The summed E-state index contributed by atoms with van der Waals surface area (Å²) in [6.07, 6.45) is 0. The number of carbonyl (C=O) groups excluding carboxylic acids is 2. The molecule has 6 heteroatoms. The Hall–Kier alpha value is -2.50. The van der Waals surface area contributed by atoms with E-state index < -0.39 is 5.97 Å². The minimum absolute atomic E-state index is 0.162. The van der Waals surface area contributed by atoms with Gasteiger partial charge < -0.3 is 10.1 Å². The van der Waals surface area contributed by atoms with Crippen LogP contribution in [0.3, 0.4) is 0 Å². The number of ether oxygens (including phenoxy) is 1. The van der Waals surface area contributed by atoms with Crippen LogP contribution in [0.15, 0.2) is 65.6 Å². The first-order valence-electron chi connectivity index (χ1n) is 8.45. The zero-order valence-corrected chi connectivity index (χ0v) is 16.3. The first-order valence-corrected chi connectivity index (χ1v) is 9.82. The normalized spacial score (nSPS) is 10.6. The smallest absolute Gasteiger partial charge is 0.339 e. The first-order chi connectivity index (χ1) is 13.1. The van der Waals surface area contributed by atoms with Crippen LogP contribution in [0.25, 0.3) is 10.8 Å². The highest BCUT2D eigenvalue weighted by Crippen LogP contribution is 2.28. The van der Waals surface area contributed by atoms with E-state index in [2.05, 4.69) is 5.32 Å². The lowest BCUT2D eigenvalue weighted by molar-refractivity contribution is -0.113. The molecule has 3 aromatic carbocycles. The number of halogens is 1. The highest BCUT2D eigenvalue weighted by atomic mass is 35.5. The number of thioether (sulfide) groups is 1. The molecule has 27 heavy (non-hydrogen) atoms. The first kappa shape index (κ1) is 19.3. The maximum Gasteiger partial charge on any atom is 0.339 e.